The molecule has 2 aliphatic heterocycles. The summed E-state index contributed by atoms with van der Waals surface area (Å²) in [5.74, 6) is 0.00614. The number of likely N-dealkylation sites (tertiary alicyclic amines) is 1. The van der Waals surface area contributed by atoms with Crippen molar-refractivity contribution in [1.29, 1.82) is 0 Å². The quantitative estimate of drug-likeness (QED) is 0.892. The molecule has 0 aromatic carbocycles. The number of amides is 1. The Morgan fingerprint density at radius 2 is 2.35 bits per heavy atom. The summed E-state index contributed by atoms with van der Waals surface area (Å²) in [6.45, 7) is 1.89. The number of ether oxygens (including phenoxy) is 1. The van der Waals surface area contributed by atoms with Crippen LogP contribution in [0.15, 0.2) is 24.4 Å². The molecule has 5 nitrogen and oxygen atoms in total. The van der Waals surface area contributed by atoms with Gasteiger partial charge in [-0.3, -0.25) is 14.7 Å². The van der Waals surface area contributed by atoms with Gasteiger partial charge in [0, 0.05) is 32.4 Å². The minimum atomic E-state index is -0.268. The van der Waals surface area contributed by atoms with Gasteiger partial charge in [0.25, 0.3) is 0 Å². The number of nitrogens with zero attached hydrogens (tertiary/aromatic N) is 2. The predicted molar refractivity (Wildman–Crippen MR) is 75.0 cm³/mol. The van der Waals surface area contributed by atoms with Crippen molar-refractivity contribution in [3.8, 4) is 0 Å². The molecular formula is C15H21N3O2. The third-order valence-corrected chi connectivity index (χ3v) is 4.29. The highest BCUT2D eigenvalue weighted by Gasteiger charge is 2.41. The molecule has 1 aromatic heterocycles. The van der Waals surface area contributed by atoms with E-state index in [1.807, 2.05) is 18.3 Å². The van der Waals surface area contributed by atoms with E-state index in [1.165, 1.54) is 0 Å². The fraction of sp³-hybridized carbons (Fsp3) is 0.600. The first-order chi connectivity index (χ1) is 9.78. The van der Waals surface area contributed by atoms with Crippen molar-refractivity contribution < 1.29 is 9.53 Å². The maximum atomic E-state index is 11.7. The van der Waals surface area contributed by atoms with E-state index in [1.54, 1.807) is 7.05 Å². The van der Waals surface area contributed by atoms with E-state index in [4.69, 9.17) is 4.74 Å². The first-order valence-corrected chi connectivity index (χ1v) is 7.29. The Bertz CT molecular complexity index is 465. The van der Waals surface area contributed by atoms with Crippen LogP contribution < -0.4 is 5.32 Å². The van der Waals surface area contributed by atoms with Gasteiger partial charge in [-0.2, -0.15) is 0 Å². The molecule has 1 N–H and O–H groups in total. The lowest BCUT2D eigenvalue weighted by Gasteiger charge is -2.35. The fourth-order valence-electron chi connectivity index (χ4n) is 3.26. The number of carbonyl (C=O) groups excluding carboxylic acids is 1. The molecular weight excluding hydrogens is 254 g/mol. The Labute approximate surface area is 119 Å². The maximum absolute atomic E-state index is 11.7. The van der Waals surface area contributed by atoms with Crippen molar-refractivity contribution >= 4 is 5.91 Å². The zero-order chi connectivity index (χ0) is 13.9. The van der Waals surface area contributed by atoms with E-state index < -0.39 is 0 Å². The molecule has 0 radical (unpaired) electrons. The molecule has 2 aliphatic rings. The lowest BCUT2D eigenvalue weighted by atomic mass is 9.98. The van der Waals surface area contributed by atoms with Crippen molar-refractivity contribution in [3.05, 3.63) is 30.1 Å². The molecule has 0 unspecified atom stereocenters. The van der Waals surface area contributed by atoms with Crippen molar-refractivity contribution in [2.75, 3.05) is 13.6 Å². The number of aromatic nitrogens is 1. The lowest BCUT2D eigenvalue weighted by molar-refractivity contribution is -0.143. The van der Waals surface area contributed by atoms with Crippen LogP contribution in [0, 0.1) is 0 Å². The molecule has 0 aliphatic carbocycles. The van der Waals surface area contributed by atoms with Gasteiger partial charge >= 0.3 is 0 Å². The molecule has 3 atom stereocenters. The summed E-state index contributed by atoms with van der Waals surface area (Å²) in [6.07, 6.45) is 4.59. The van der Waals surface area contributed by atoms with Gasteiger partial charge in [-0.1, -0.05) is 6.07 Å². The minimum absolute atomic E-state index is 0.00614. The van der Waals surface area contributed by atoms with Gasteiger partial charge in [0.2, 0.25) is 5.91 Å². The molecule has 2 fully saturated rings. The highest BCUT2D eigenvalue weighted by Crippen LogP contribution is 2.32. The number of nitrogens with one attached hydrogen (secondary N) is 1. The van der Waals surface area contributed by atoms with Crippen molar-refractivity contribution in [2.45, 2.75) is 44.1 Å². The summed E-state index contributed by atoms with van der Waals surface area (Å²) < 4.78 is 5.96. The summed E-state index contributed by atoms with van der Waals surface area (Å²) in [7, 11) is 1.67. The van der Waals surface area contributed by atoms with Gasteiger partial charge in [0.05, 0.1) is 11.8 Å². The summed E-state index contributed by atoms with van der Waals surface area (Å²) in [5, 5.41) is 2.68. The Morgan fingerprint density at radius 3 is 3.10 bits per heavy atom. The molecule has 0 spiro atoms. The summed E-state index contributed by atoms with van der Waals surface area (Å²) in [5.41, 5.74) is 1.10. The number of likely N-dealkylation sites (N-methyl/N-ethyl adjacent to an activating group) is 1. The number of hydrogen-bond acceptors (Lipinski definition) is 4. The van der Waals surface area contributed by atoms with Gasteiger partial charge in [0.1, 0.15) is 6.10 Å². The highest BCUT2D eigenvalue weighted by atomic mass is 16.5. The fourth-order valence-corrected chi connectivity index (χ4v) is 3.26. The molecule has 108 valence electrons. The Hall–Kier alpha value is -1.46. The average molecular weight is 275 g/mol. The molecule has 1 amide bonds. The lowest BCUT2D eigenvalue weighted by Crippen LogP contribution is -2.47. The van der Waals surface area contributed by atoms with E-state index in [0.29, 0.717) is 6.04 Å². The van der Waals surface area contributed by atoms with Crippen LogP contribution in [-0.2, 0) is 16.1 Å². The Kier molecular flexibility index (Phi) is 3.98. The Balaban J connectivity index is 1.61. The minimum Gasteiger partial charge on any atom is -0.363 e. The smallest absolute Gasteiger partial charge is 0.248 e. The summed E-state index contributed by atoms with van der Waals surface area (Å²) in [6, 6.07) is 6.45. The van der Waals surface area contributed by atoms with Crippen molar-refractivity contribution in [2.24, 2.45) is 0 Å². The third kappa shape index (κ3) is 2.69. The van der Waals surface area contributed by atoms with Gasteiger partial charge < -0.3 is 10.1 Å². The van der Waals surface area contributed by atoms with E-state index >= 15 is 0 Å². The van der Waals surface area contributed by atoms with Crippen LogP contribution in [0.2, 0.25) is 0 Å². The van der Waals surface area contributed by atoms with Crippen molar-refractivity contribution in [1.82, 2.24) is 15.2 Å². The molecule has 2 saturated heterocycles. The van der Waals surface area contributed by atoms with Gasteiger partial charge in [0.15, 0.2) is 0 Å². The second-order valence-corrected chi connectivity index (χ2v) is 5.50. The standard InChI is InChI=1S/C15H21N3O2/c1-16-15(19)14-6-5-12-13(20-14)7-9-18(12)10-11-4-2-3-8-17-11/h2-4,8,12-14H,5-7,9-10H2,1H3,(H,16,19)/t12-,13-,14-/m1/s1. The van der Waals surface area contributed by atoms with Gasteiger partial charge in [-0.05, 0) is 31.4 Å². The van der Waals surface area contributed by atoms with E-state index in [-0.39, 0.29) is 18.1 Å². The second kappa shape index (κ2) is 5.89. The molecule has 0 bridgehead atoms. The average Bonchev–Trinajstić information content (AvgIpc) is 2.90. The topological polar surface area (TPSA) is 54.5 Å². The monoisotopic (exact) mass is 275 g/mol. The molecule has 3 heterocycles. The van der Waals surface area contributed by atoms with Crippen LogP contribution in [0.1, 0.15) is 25.0 Å². The van der Waals surface area contributed by atoms with E-state index in [0.717, 1.165) is 38.0 Å². The zero-order valence-corrected chi connectivity index (χ0v) is 11.8. The Morgan fingerprint density at radius 1 is 1.45 bits per heavy atom. The number of pyridine rings is 1. The third-order valence-electron chi connectivity index (χ3n) is 4.29. The van der Waals surface area contributed by atoms with Crippen LogP contribution in [0.5, 0.6) is 0 Å². The number of hydrogen-bond donors (Lipinski definition) is 1. The number of carbonyl (C=O) groups is 1. The maximum Gasteiger partial charge on any atom is 0.248 e. The predicted octanol–water partition coefficient (Wildman–Crippen LogP) is 0.949. The highest BCUT2D eigenvalue weighted by molar-refractivity contribution is 5.80. The molecule has 0 saturated carbocycles. The molecule has 20 heavy (non-hydrogen) atoms. The second-order valence-electron chi connectivity index (χ2n) is 5.50. The summed E-state index contributed by atoms with van der Waals surface area (Å²) in [4.78, 5) is 18.5. The van der Waals surface area contributed by atoms with E-state index in [9.17, 15) is 4.79 Å². The molecule has 5 heteroatoms. The van der Waals surface area contributed by atoms with Crippen LogP contribution in [-0.4, -0.2) is 47.6 Å². The van der Waals surface area contributed by atoms with E-state index in [2.05, 4.69) is 21.3 Å². The molecule has 3 rings (SSSR count). The SMILES string of the molecule is CNC(=O)[C@H]1CC[C@@H]2[C@@H](CCN2Cc2ccccn2)O1. The first kappa shape index (κ1) is 13.5. The normalized spacial score (nSPS) is 29.9. The van der Waals surface area contributed by atoms with Crippen LogP contribution >= 0.6 is 0 Å². The first-order valence-electron chi connectivity index (χ1n) is 7.29. The largest absolute Gasteiger partial charge is 0.363 e. The molecule has 1 aromatic rings. The number of rotatable bonds is 3. The zero-order valence-electron chi connectivity index (χ0n) is 11.8. The van der Waals surface area contributed by atoms with Crippen LogP contribution in [0.3, 0.4) is 0 Å². The van der Waals surface area contributed by atoms with Crippen LogP contribution in [0.4, 0.5) is 0 Å². The van der Waals surface area contributed by atoms with Crippen molar-refractivity contribution in [3.63, 3.8) is 0 Å². The van der Waals surface area contributed by atoms with Gasteiger partial charge in [-0.25, -0.2) is 0 Å². The van der Waals surface area contributed by atoms with Crippen LogP contribution in [0.25, 0.3) is 0 Å². The van der Waals surface area contributed by atoms with Gasteiger partial charge in [-0.15, -0.1) is 0 Å². The summed E-state index contributed by atoms with van der Waals surface area (Å²) >= 11 is 0. The number of fused-ring (bicyclic) bond motifs is 1.